The van der Waals surface area contributed by atoms with Crippen LogP contribution in [0, 0.1) is 0 Å². The van der Waals surface area contributed by atoms with Crippen LogP contribution in [0.1, 0.15) is 16.9 Å². The van der Waals surface area contributed by atoms with Gasteiger partial charge < -0.3 is 20.3 Å². The lowest BCUT2D eigenvalue weighted by atomic mass is 10.1. The van der Waals surface area contributed by atoms with E-state index in [2.05, 4.69) is 10.3 Å². The van der Waals surface area contributed by atoms with Crippen LogP contribution < -0.4 is 10.9 Å². The summed E-state index contributed by atoms with van der Waals surface area (Å²) in [5.74, 6) is -2.86. The summed E-state index contributed by atoms with van der Waals surface area (Å²) in [6.07, 6.45) is -4.15. The number of benzene rings is 1. The molecule has 0 saturated carbocycles. The first kappa shape index (κ1) is 20.4. The van der Waals surface area contributed by atoms with Crippen molar-refractivity contribution in [2.45, 2.75) is 12.6 Å². The van der Waals surface area contributed by atoms with E-state index in [1.807, 2.05) is 18.2 Å². The van der Waals surface area contributed by atoms with Crippen LogP contribution in [-0.2, 0) is 4.79 Å². The number of amides is 1. The second kappa shape index (κ2) is 8.67. The third-order valence-corrected chi connectivity index (χ3v) is 3.85. The number of fused-ring (bicyclic) bond motifs is 1. The smallest absolute Gasteiger partial charge is 0.475 e. The van der Waals surface area contributed by atoms with E-state index in [0.29, 0.717) is 17.6 Å². The van der Waals surface area contributed by atoms with E-state index in [4.69, 9.17) is 9.90 Å². The molecule has 1 saturated heterocycles. The van der Waals surface area contributed by atoms with E-state index >= 15 is 0 Å². The standard InChI is InChI=1S/C15H17N3O2.C2HF3O2/c19-14-12-5-2-1-4-11(12)10-13(17-14)15(20)18-8-3-6-16-7-9-18;3-2(4,5)1(6)7/h1-2,4-5,10,16H,3,6-9H2,(H,17,19);(H,6,7). The van der Waals surface area contributed by atoms with Crippen molar-refractivity contribution < 1.29 is 27.9 Å². The Labute approximate surface area is 151 Å². The number of carbonyl (C=O) groups is 2. The topological polar surface area (TPSA) is 102 Å². The second-order valence-electron chi connectivity index (χ2n) is 5.80. The second-order valence-corrected chi connectivity index (χ2v) is 5.80. The number of carbonyl (C=O) groups excluding carboxylic acids is 1. The van der Waals surface area contributed by atoms with Gasteiger partial charge in [-0.3, -0.25) is 9.59 Å². The lowest BCUT2D eigenvalue weighted by Crippen LogP contribution is -2.35. The largest absolute Gasteiger partial charge is 0.490 e. The number of carboxylic acids is 1. The number of aliphatic carboxylic acids is 1. The summed E-state index contributed by atoms with van der Waals surface area (Å²) in [6, 6.07) is 9.06. The lowest BCUT2D eigenvalue weighted by molar-refractivity contribution is -0.192. The molecule has 0 spiro atoms. The van der Waals surface area contributed by atoms with Gasteiger partial charge in [0.25, 0.3) is 11.5 Å². The highest BCUT2D eigenvalue weighted by molar-refractivity contribution is 5.96. The predicted molar refractivity (Wildman–Crippen MR) is 91.6 cm³/mol. The zero-order valence-electron chi connectivity index (χ0n) is 14.2. The summed E-state index contributed by atoms with van der Waals surface area (Å²) in [6.45, 7) is 3.12. The van der Waals surface area contributed by atoms with Crippen LogP contribution in [0.3, 0.4) is 0 Å². The number of halogens is 3. The van der Waals surface area contributed by atoms with Crippen LogP contribution >= 0.6 is 0 Å². The molecule has 0 bridgehead atoms. The Morgan fingerprint density at radius 3 is 2.44 bits per heavy atom. The Hall–Kier alpha value is -2.88. The molecule has 10 heteroatoms. The van der Waals surface area contributed by atoms with Crippen LogP contribution in [0.25, 0.3) is 10.8 Å². The summed E-state index contributed by atoms with van der Waals surface area (Å²) < 4.78 is 31.7. The van der Waals surface area contributed by atoms with Crippen molar-refractivity contribution in [3.63, 3.8) is 0 Å². The number of nitrogens with one attached hydrogen (secondary N) is 2. The Morgan fingerprint density at radius 1 is 1.11 bits per heavy atom. The fourth-order valence-electron chi connectivity index (χ4n) is 2.55. The average Bonchev–Trinajstić information content (AvgIpc) is 2.90. The third kappa shape index (κ3) is 5.55. The van der Waals surface area contributed by atoms with Crippen LogP contribution in [-0.4, -0.2) is 59.2 Å². The third-order valence-electron chi connectivity index (χ3n) is 3.85. The number of aromatic nitrogens is 1. The molecular weight excluding hydrogens is 367 g/mol. The van der Waals surface area contributed by atoms with Crippen molar-refractivity contribution in [1.82, 2.24) is 15.2 Å². The maximum Gasteiger partial charge on any atom is 0.490 e. The quantitative estimate of drug-likeness (QED) is 0.692. The minimum atomic E-state index is -5.08. The first-order valence-corrected chi connectivity index (χ1v) is 8.12. The fraction of sp³-hybridized carbons (Fsp3) is 0.353. The van der Waals surface area contributed by atoms with Crippen LogP contribution in [0.5, 0.6) is 0 Å². The Balaban J connectivity index is 0.000000321. The Bertz CT molecular complexity index is 872. The summed E-state index contributed by atoms with van der Waals surface area (Å²) in [4.78, 5) is 37.9. The Morgan fingerprint density at radius 2 is 1.78 bits per heavy atom. The first-order valence-electron chi connectivity index (χ1n) is 8.12. The molecular formula is C17H18F3N3O4. The molecule has 0 aliphatic carbocycles. The molecule has 3 N–H and O–H groups in total. The molecule has 1 aromatic carbocycles. The SMILES string of the molecule is O=C(O)C(F)(F)F.O=C(c1cc2ccccc2c(=O)[nH]1)N1CCCNCC1. The number of carboxylic acid groups (broad SMARTS) is 1. The van der Waals surface area contributed by atoms with E-state index in [1.165, 1.54) is 0 Å². The van der Waals surface area contributed by atoms with Gasteiger partial charge in [0, 0.05) is 25.0 Å². The van der Waals surface area contributed by atoms with Crippen molar-refractivity contribution in [3.8, 4) is 0 Å². The molecule has 7 nitrogen and oxygen atoms in total. The number of rotatable bonds is 1. The van der Waals surface area contributed by atoms with Crippen molar-refractivity contribution in [2.75, 3.05) is 26.2 Å². The maximum absolute atomic E-state index is 12.5. The highest BCUT2D eigenvalue weighted by Gasteiger charge is 2.38. The molecule has 27 heavy (non-hydrogen) atoms. The minimum Gasteiger partial charge on any atom is -0.475 e. The molecule has 2 heterocycles. The monoisotopic (exact) mass is 385 g/mol. The molecule has 146 valence electrons. The highest BCUT2D eigenvalue weighted by Crippen LogP contribution is 2.13. The summed E-state index contributed by atoms with van der Waals surface area (Å²) in [5.41, 5.74) is 0.162. The van der Waals surface area contributed by atoms with Gasteiger partial charge in [-0.2, -0.15) is 13.2 Å². The number of hydrogen-bond acceptors (Lipinski definition) is 4. The summed E-state index contributed by atoms with van der Waals surface area (Å²) in [7, 11) is 0. The van der Waals surface area contributed by atoms with Crippen molar-refractivity contribution >= 4 is 22.6 Å². The van der Waals surface area contributed by atoms with Crippen molar-refractivity contribution in [3.05, 3.63) is 46.4 Å². The van der Waals surface area contributed by atoms with Gasteiger partial charge in [0.15, 0.2) is 0 Å². The van der Waals surface area contributed by atoms with Crippen LogP contribution in [0.15, 0.2) is 35.1 Å². The maximum atomic E-state index is 12.5. The zero-order valence-corrected chi connectivity index (χ0v) is 14.2. The van der Waals surface area contributed by atoms with Crippen molar-refractivity contribution in [1.29, 1.82) is 0 Å². The molecule has 0 atom stereocenters. The van der Waals surface area contributed by atoms with Crippen LogP contribution in [0.4, 0.5) is 13.2 Å². The van der Waals surface area contributed by atoms with E-state index in [9.17, 15) is 22.8 Å². The van der Waals surface area contributed by atoms with Gasteiger partial charge in [-0.25, -0.2) is 4.79 Å². The molecule has 1 aromatic heterocycles. The number of nitrogens with zero attached hydrogens (tertiary/aromatic N) is 1. The number of pyridine rings is 1. The normalized spacial score (nSPS) is 14.9. The average molecular weight is 385 g/mol. The van der Waals surface area contributed by atoms with Gasteiger partial charge in [-0.05, 0) is 30.5 Å². The van der Waals surface area contributed by atoms with Gasteiger partial charge in [0.05, 0.1) is 0 Å². The van der Waals surface area contributed by atoms with Crippen LogP contribution in [0.2, 0.25) is 0 Å². The molecule has 1 amide bonds. The Kier molecular flexibility index (Phi) is 6.56. The van der Waals surface area contributed by atoms with Gasteiger partial charge in [-0.1, -0.05) is 18.2 Å². The molecule has 1 aliphatic heterocycles. The number of hydrogen-bond donors (Lipinski definition) is 3. The van der Waals surface area contributed by atoms with E-state index < -0.39 is 12.1 Å². The van der Waals surface area contributed by atoms with Gasteiger partial charge in [0.2, 0.25) is 0 Å². The predicted octanol–water partition coefficient (Wildman–Crippen LogP) is 1.60. The van der Waals surface area contributed by atoms with Gasteiger partial charge in [0.1, 0.15) is 5.69 Å². The summed E-state index contributed by atoms with van der Waals surface area (Å²) in [5, 5.41) is 11.8. The molecule has 0 unspecified atom stereocenters. The van der Waals surface area contributed by atoms with Gasteiger partial charge in [-0.15, -0.1) is 0 Å². The highest BCUT2D eigenvalue weighted by atomic mass is 19.4. The molecule has 0 radical (unpaired) electrons. The molecule has 3 rings (SSSR count). The molecule has 2 aromatic rings. The first-order chi connectivity index (χ1) is 12.7. The molecule has 1 aliphatic rings. The minimum absolute atomic E-state index is 0.100. The number of aromatic amines is 1. The fourth-order valence-corrected chi connectivity index (χ4v) is 2.55. The van der Waals surface area contributed by atoms with Gasteiger partial charge >= 0.3 is 12.1 Å². The summed E-state index contributed by atoms with van der Waals surface area (Å²) >= 11 is 0. The number of alkyl halides is 3. The van der Waals surface area contributed by atoms with E-state index in [1.54, 1.807) is 17.0 Å². The van der Waals surface area contributed by atoms with E-state index in [-0.39, 0.29) is 11.5 Å². The number of H-pyrrole nitrogens is 1. The molecule has 1 fully saturated rings. The van der Waals surface area contributed by atoms with E-state index in [0.717, 1.165) is 31.4 Å². The lowest BCUT2D eigenvalue weighted by Gasteiger charge is -2.19. The zero-order chi connectivity index (χ0) is 20.0. The van der Waals surface area contributed by atoms with Crippen molar-refractivity contribution in [2.24, 2.45) is 0 Å².